The van der Waals surface area contributed by atoms with Crippen molar-refractivity contribution in [2.24, 2.45) is 11.3 Å². The number of fused-ring (bicyclic) bond motifs is 2. The first-order chi connectivity index (χ1) is 21.3. The number of ether oxygens (including phenoxy) is 2. The Bertz CT molecular complexity index is 1300. The van der Waals surface area contributed by atoms with E-state index in [4.69, 9.17) is 9.47 Å². The predicted molar refractivity (Wildman–Crippen MR) is 167 cm³/mol. The van der Waals surface area contributed by atoms with Crippen LogP contribution in [0.5, 0.6) is 5.75 Å². The van der Waals surface area contributed by atoms with Crippen molar-refractivity contribution in [3.05, 3.63) is 36.4 Å². The smallest absolute Gasteiger partial charge is 0.246 e. The van der Waals surface area contributed by atoms with Gasteiger partial charge in [-0.15, -0.1) is 0 Å². The molecule has 1 amide bonds. The van der Waals surface area contributed by atoms with Crippen molar-refractivity contribution in [1.82, 2.24) is 25.3 Å². The topological polar surface area (TPSA) is 113 Å². The van der Waals surface area contributed by atoms with Gasteiger partial charge in [0, 0.05) is 50.9 Å². The number of Topliss-reactive ketones (excluding diaryl/α,β-unsaturated/α-hetero) is 1. The maximum absolute atomic E-state index is 14.7. The minimum absolute atomic E-state index is 0.0310. The monoisotopic (exact) mass is 605 g/mol. The molecule has 6 rings (SSSR count). The number of likely N-dealkylation sites (tertiary alicyclic amines) is 1. The summed E-state index contributed by atoms with van der Waals surface area (Å²) in [6.07, 6.45) is 5.61. The van der Waals surface area contributed by atoms with Crippen molar-refractivity contribution in [1.29, 1.82) is 5.26 Å². The molecule has 1 aromatic rings. The summed E-state index contributed by atoms with van der Waals surface area (Å²) >= 11 is 0. The minimum Gasteiger partial charge on any atom is -0.497 e. The van der Waals surface area contributed by atoms with Gasteiger partial charge in [-0.3, -0.25) is 25.1 Å². The molecule has 238 valence electrons. The molecule has 11 heteroatoms. The molecule has 1 spiro atoms. The number of amides is 1. The molecule has 1 aliphatic carbocycles. The normalized spacial score (nSPS) is 34.4. The molecule has 4 fully saturated rings. The fourth-order valence-corrected chi connectivity index (χ4v) is 8.47. The van der Waals surface area contributed by atoms with E-state index in [9.17, 15) is 14.9 Å². The Hall–Kier alpha value is -3.01. The van der Waals surface area contributed by atoms with Gasteiger partial charge in [0.2, 0.25) is 5.91 Å². The number of nitriles is 1. The molecule has 44 heavy (non-hydrogen) atoms. The molecule has 1 aromatic carbocycles. The molecule has 7 atom stereocenters. The quantitative estimate of drug-likeness (QED) is 0.444. The Morgan fingerprint density at radius 1 is 1.20 bits per heavy atom. The van der Waals surface area contributed by atoms with Gasteiger partial charge in [0.05, 0.1) is 49.9 Å². The number of benzene rings is 1. The number of hydrogen-bond acceptors (Lipinski definition) is 10. The second-order valence-electron chi connectivity index (χ2n) is 13.4. The first-order valence-corrected chi connectivity index (χ1v) is 16.1. The Balaban J connectivity index is 1.26. The Kier molecular flexibility index (Phi) is 9.00. The predicted octanol–water partition coefficient (Wildman–Crippen LogP) is 1.55. The van der Waals surface area contributed by atoms with E-state index in [-0.39, 0.29) is 42.3 Å². The van der Waals surface area contributed by atoms with E-state index in [0.717, 1.165) is 49.2 Å². The van der Waals surface area contributed by atoms with Crippen LogP contribution in [0, 0.1) is 22.7 Å². The van der Waals surface area contributed by atoms with Crippen LogP contribution >= 0.6 is 0 Å². The number of carbonyl (C=O) groups is 2. The summed E-state index contributed by atoms with van der Waals surface area (Å²) in [4.78, 5) is 36.0. The van der Waals surface area contributed by atoms with Gasteiger partial charge in [-0.25, -0.2) is 0 Å². The standard InChI is InChI=1S/C33H47N7O4/c1-5-28(41)40-16-15-39(19-23(40)11-13-34)31-26-10-12-33(18-22-17-25(43-4)8-9-27(22)38(3)21-33)30(42)29(26)35-32(36-31)44-20-24-7-6-14-37(24)2/h5,8-9,17,23-24,26,29,31-32,35-36H,1,6-7,10-12,14-16,18-21H2,2-4H3/t23?,24?,26?,29?,31?,32?,33-/m0/s1. The van der Waals surface area contributed by atoms with E-state index < -0.39 is 11.8 Å². The summed E-state index contributed by atoms with van der Waals surface area (Å²) in [5.41, 5.74) is 1.80. The summed E-state index contributed by atoms with van der Waals surface area (Å²) in [6.45, 7) is 7.72. The number of ketones is 1. The Labute approximate surface area is 261 Å². The number of nitrogens with one attached hydrogen (secondary N) is 2. The summed E-state index contributed by atoms with van der Waals surface area (Å²) in [6, 6.07) is 8.18. The van der Waals surface area contributed by atoms with Crippen molar-refractivity contribution in [3.8, 4) is 11.8 Å². The third kappa shape index (κ3) is 5.74. The summed E-state index contributed by atoms with van der Waals surface area (Å²) in [5.74, 6) is 0.947. The van der Waals surface area contributed by atoms with Crippen LogP contribution in [0.1, 0.15) is 37.7 Å². The highest BCUT2D eigenvalue weighted by Crippen LogP contribution is 2.47. The SMILES string of the molecule is C=CC(=O)N1CCN(C2NC(OCC3CCCN3C)NC3C(=O)[C@@]4(CCC32)Cc2cc(OC)ccc2N(C)C4)CC1CC#N. The van der Waals surface area contributed by atoms with Crippen molar-refractivity contribution in [2.45, 2.75) is 69.2 Å². The van der Waals surface area contributed by atoms with Crippen LogP contribution in [-0.2, 0) is 20.7 Å². The van der Waals surface area contributed by atoms with Gasteiger partial charge in [0.25, 0.3) is 0 Å². The lowest BCUT2D eigenvalue weighted by atomic mass is 9.61. The van der Waals surface area contributed by atoms with Gasteiger partial charge in [-0.1, -0.05) is 6.58 Å². The molecule has 11 nitrogen and oxygen atoms in total. The third-order valence-electron chi connectivity index (χ3n) is 10.8. The molecule has 0 bridgehead atoms. The van der Waals surface area contributed by atoms with Gasteiger partial charge in [0.15, 0.2) is 12.1 Å². The minimum atomic E-state index is -0.501. The highest BCUT2D eigenvalue weighted by molar-refractivity contribution is 5.93. The van der Waals surface area contributed by atoms with E-state index in [2.05, 4.69) is 64.2 Å². The number of carbonyl (C=O) groups excluding carboxylic acids is 2. The highest BCUT2D eigenvalue weighted by Gasteiger charge is 2.56. The van der Waals surface area contributed by atoms with E-state index in [0.29, 0.717) is 45.2 Å². The molecule has 3 saturated heterocycles. The first kappa shape index (κ1) is 31.0. The third-order valence-corrected chi connectivity index (χ3v) is 10.8. The van der Waals surface area contributed by atoms with Gasteiger partial charge in [-0.2, -0.15) is 5.26 Å². The van der Waals surface area contributed by atoms with Crippen LogP contribution in [0.15, 0.2) is 30.9 Å². The fraction of sp³-hybridized carbons (Fsp3) is 0.667. The number of hydrogen-bond donors (Lipinski definition) is 2. The van der Waals surface area contributed by atoms with E-state index in [1.807, 2.05) is 6.07 Å². The second kappa shape index (κ2) is 12.8. The van der Waals surface area contributed by atoms with Gasteiger partial charge in [0.1, 0.15) is 5.75 Å². The van der Waals surface area contributed by atoms with Crippen LogP contribution in [0.2, 0.25) is 0 Å². The summed E-state index contributed by atoms with van der Waals surface area (Å²) < 4.78 is 12.0. The molecular formula is C33H47N7O4. The van der Waals surface area contributed by atoms with E-state index in [1.54, 1.807) is 12.0 Å². The zero-order valence-electron chi connectivity index (χ0n) is 26.3. The first-order valence-electron chi connectivity index (χ1n) is 16.1. The lowest BCUT2D eigenvalue weighted by Gasteiger charge is -2.56. The lowest BCUT2D eigenvalue weighted by Crippen LogP contribution is -2.75. The van der Waals surface area contributed by atoms with E-state index >= 15 is 0 Å². The number of rotatable bonds is 7. The molecule has 6 unspecified atom stereocenters. The molecule has 0 aromatic heterocycles. The van der Waals surface area contributed by atoms with Crippen molar-refractivity contribution < 1.29 is 19.1 Å². The molecule has 0 radical (unpaired) electrons. The average Bonchev–Trinajstić information content (AvgIpc) is 3.45. The summed E-state index contributed by atoms with van der Waals surface area (Å²) in [5, 5.41) is 16.9. The molecular weight excluding hydrogens is 558 g/mol. The molecule has 1 saturated carbocycles. The van der Waals surface area contributed by atoms with Crippen LogP contribution in [-0.4, -0.2) is 118 Å². The Morgan fingerprint density at radius 3 is 2.77 bits per heavy atom. The second-order valence-corrected chi connectivity index (χ2v) is 13.4. The maximum Gasteiger partial charge on any atom is 0.246 e. The van der Waals surface area contributed by atoms with Gasteiger partial charge < -0.3 is 24.2 Å². The molecule has 4 heterocycles. The van der Waals surface area contributed by atoms with E-state index in [1.165, 1.54) is 6.08 Å². The Morgan fingerprint density at radius 2 is 2.05 bits per heavy atom. The summed E-state index contributed by atoms with van der Waals surface area (Å²) in [7, 11) is 5.90. The zero-order chi connectivity index (χ0) is 31.0. The largest absolute Gasteiger partial charge is 0.497 e. The number of piperazine rings is 1. The van der Waals surface area contributed by atoms with Crippen molar-refractivity contribution in [2.75, 3.05) is 65.4 Å². The number of likely N-dealkylation sites (N-methyl/N-ethyl adjacent to an activating group) is 1. The zero-order valence-corrected chi connectivity index (χ0v) is 26.3. The van der Waals surface area contributed by atoms with Gasteiger partial charge >= 0.3 is 0 Å². The maximum atomic E-state index is 14.7. The fourth-order valence-electron chi connectivity index (χ4n) is 8.47. The van der Waals surface area contributed by atoms with Crippen LogP contribution < -0.4 is 20.3 Å². The molecule has 5 aliphatic rings. The van der Waals surface area contributed by atoms with Crippen LogP contribution in [0.25, 0.3) is 0 Å². The van der Waals surface area contributed by atoms with Crippen molar-refractivity contribution >= 4 is 17.4 Å². The number of nitrogens with zero attached hydrogens (tertiary/aromatic N) is 5. The van der Waals surface area contributed by atoms with Crippen molar-refractivity contribution in [3.63, 3.8) is 0 Å². The van der Waals surface area contributed by atoms with Crippen LogP contribution in [0.4, 0.5) is 5.69 Å². The lowest BCUT2D eigenvalue weighted by molar-refractivity contribution is -0.152. The average molecular weight is 606 g/mol. The highest BCUT2D eigenvalue weighted by atomic mass is 16.5. The molecule has 4 aliphatic heterocycles. The number of methoxy groups -OCH3 is 1. The van der Waals surface area contributed by atoms with Crippen LogP contribution in [0.3, 0.4) is 0 Å². The molecule has 2 N–H and O–H groups in total. The van der Waals surface area contributed by atoms with Gasteiger partial charge in [-0.05, 0) is 75.5 Å². The number of anilines is 1.